The Morgan fingerprint density at radius 2 is 2.30 bits per heavy atom. The van der Waals surface area contributed by atoms with Crippen LogP contribution in [0.3, 0.4) is 0 Å². The summed E-state index contributed by atoms with van der Waals surface area (Å²) < 4.78 is 4.60. The van der Waals surface area contributed by atoms with Gasteiger partial charge in [0.1, 0.15) is 5.00 Å². The topological polar surface area (TPSA) is 28.2 Å². The fourth-order valence-electron chi connectivity index (χ4n) is 3.04. The molecule has 3 nitrogen and oxygen atoms in total. The van der Waals surface area contributed by atoms with E-state index in [0.717, 1.165) is 31.1 Å². The molecule has 0 amide bonds. The van der Waals surface area contributed by atoms with Gasteiger partial charge in [0.25, 0.3) is 0 Å². The molecule has 1 aromatic carbocycles. The lowest BCUT2D eigenvalue weighted by molar-refractivity contribution is 0.377. The summed E-state index contributed by atoms with van der Waals surface area (Å²) in [5.74, 6) is 0.774. The van der Waals surface area contributed by atoms with Gasteiger partial charge in [0.05, 0.1) is 5.52 Å². The molecule has 2 aromatic rings. The average molecular weight is 289 g/mol. The molecule has 1 aliphatic rings. The summed E-state index contributed by atoms with van der Waals surface area (Å²) in [6.45, 7) is 6.90. The lowest BCUT2D eigenvalue weighted by Gasteiger charge is -2.30. The fourth-order valence-corrected chi connectivity index (χ4v) is 3.94. The third-order valence-electron chi connectivity index (χ3n) is 4.02. The van der Waals surface area contributed by atoms with Crippen molar-refractivity contribution in [2.75, 3.05) is 31.1 Å². The smallest absolute Gasteiger partial charge is 0.119 e. The van der Waals surface area contributed by atoms with Crippen LogP contribution in [0.15, 0.2) is 24.3 Å². The molecule has 4 heteroatoms. The largest absolute Gasteiger partial charge is 0.361 e. The zero-order valence-electron chi connectivity index (χ0n) is 12.1. The molecule has 1 unspecified atom stereocenters. The average Bonchev–Trinajstić information content (AvgIpc) is 2.92. The highest BCUT2D eigenvalue weighted by Gasteiger charge is 2.19. The summed E-state index contributed by atoms with van der Waals surface area (Å²) in [7, 11) is 0. The monoisotopic (exact) mass is 289 g/mol. The minimum atomic E-state index is 0.774. The molecule has 1 atom stereocenters. The van der Waals surface area contributed by atoms with Crippen LogP contribution in [0.25, 0.3) is 10.9 Å². The number of anilines is 1. The molecule has 1 saturated heterocycles. The van der Waals surface area contributed by atoms with E-state index in [0.29, 0.717) is 0 Å². The second-order valence-electron chi connectivity index (χ2n) is 5.66. The Labute approximate surface area is 125 Å². The van der Waals surface area contributed by atoms with Crippen LogP contribution in [0.5, 0.6) is 0 Å². The number of nitrogens with zero attached hydrogens (tertiary/aromatic N) is 2. The van der Waals surface area contributed by atoms with Crippen LogP contribution in [0.4, 0.5) is 5.00 Å². The molecule has 20 heavy (non-hydrogen) atoms. The maximum absolute atomic E-state index is 4.60. The Morgan fingerprint density at radius 3 is 3.10 bits per heavy atom. The standard InChI is InChI=1S/C16H23N3S/c1-2-10-19(12-13-6-5-9-17-11-13)16-14-7-3-4-8-15(14)18-20-16/h3-4,7-8,13,17H,2,5-6,9-12H2,1H3. The second kappa shape index (κ2) is 6.55. The molecule has 0 bridgehead atoms. The predicted molar refractivity (Wildman–Crippen MR) is 87.7 cm³/mol. The highest BCUT2D eigenvalue weighted by atomic mass is 32.1. The Balaban J connectivity index is 1.81. The number of rotatable bonds is 5. The van der Waals surface area contributed by atoms with Crippen LogP contribution in [-0.2, 0) is 0 Å². The van der Waals surface area contributed by atoms with E-state index in [4.69, 9.17) is 0 Å². The van der Waals surface area contributed by atoms with Crippen LogP contribution < -0.4 is 10.2 Å². The van der Waals surface area contributed by atoms with Gasteiger partial charge >= 0.3 is 0 Å². The number of benzene rings is 1. The SMILES string of the molecule is CCCN(CC1CCCNC1)c1snc2ccccc12. The van der Waals surface area contributed by atoms with E-state index in [1.165, 1.54) is 36.2 Å². The van der Waals surface area contributed by atoms with Crippen molar-refractivity contribution >= 4 is 27.4 Å². The van der Waals surface area contributed by atoms with Gasteiger partial charge in [-0.1, -0.05) is 19.1 Å². The van der Waals surface area contributed by atoms with Gasteiger partial charge in [0, 0.05) is 18.5 Å². The Kier molecular flexibility index (Phi) is 4.53. The number of piperidine rings is 1. The van der Waals surface area contributed by atoms with E-state index in [1.807, 2.05) is 0 Å². The van der Waals surface area contributed by atoms with Gasteiger partial charge < -0.3 is 10.2 Å². The lowest BCUT2D eigenvalue weighted by atomic mass is 9.99. The van der Waals surface area contributed by atoms with Gasteiger partial charge in [-0.2, -0.15) is 4.37 Å². The third kappa shape index (κ3) is 2.96. The molecule has 0 spiro atoms. The van der Waals surface area contributed by atoms with E-state index in [2.05, 4.69) is 45.8 Å². The number of hydrogen-bond donors (Lipinski definition) is 1. The number of fused-ring (bicyclic) bond motifs is 1. The van der Waals surface area contributed by atoms with Gasteiger partial charge in [-0.05, 0) is 61.9 Å². The normalized spacial score (nSPS) is 19.4. The van der Waals surface area contributed by atoms with Crippen LogP contribution in [0.1, 0.15) is 26.2 Å². The third-order valence-corrected chi connectivity index (χ3v) is 4.96. The van der Waals surface area contributed by atoms with Crippen molar-refractivity contribution in [3.63, 3.8) is 0 Å². The summed E-state index contributed by atoms with van der Waals surface area (Å²) >= 11 is 1.65. The van der Waals surface area contributed by atoms with Crippen LogP contribution in [0, 0.1) is 5.92 Å². The first-order chi connectivity index (χ1) is 9.88. The molecule has 2 heterocycles. The highest BCUT2D eigenvalue weighted by molar-refractivity contribution is 7.11. The van der Waals surface area contributed by atoms with E-state index < -0.39 is 0 Å². The summed E-state index contributed by atoms with van der Waals surface area (Å²) in [4.78, 5) is 2.55. The number of aromatic nitrogens is 1. The van der Waals surface area contributed by atoms with E-state index in [1.54, 1.807) is 11.5 Å². The molecule has 1 N–H and O–H groups in total. The highest BCUT2D eigenvalue weighted by Crippen LogP contribution is 2.32. The van der Waals surface area contributed by atoms with Crippen LogP contribution in [0.2, 0.25) is 0 Å². The number of nitrogens with one attached hydrogen (secondary N) is 1. The quantitative estimate of drug-likeness (QED) is 0.913. The molecule has 0 aliphatic carbocycles. The van der Waals surface area contributed by atoms with Crippen molar-refractivity contribution in [3.05, 3.63) is 24.3 Å². The molecular weight excluding hydrogens is 266 g/mol. The first kappa shape index (κ1) is 13.8. The number of hydrogen-bond acceptors (Lipinski definition) is 4. The molecule has 108 valence electrons. The summed E-state index contributed by atoms with van der Waals surface area (Å²) in [6.07, 6.45) is 3.85. The minimum absolute atomic E-state index is 0.774. The van der Waals surface area contributed by atoms with Crippen LogP contribution in [-0.4, -0.2) is 30.6 Å². The maximum atomic E-state index is 4.60. The summed E-state index contributed by atoms with van der Waals surface area (Å²) in [5.41, 5.74) is 1.13. The predicted octanol–water partition coefficient (Wildman–Crippen LogP) is 3.51. The van der Waals surface area contributed by atoms with Crippen molar-refractivity contribution in [1.82, 2.24) is 9.69 Å². The zero-order valence-corrected chi connectivity index (χ0v) is 13.0. The van der Waals surface area contributed by atoms with Gasteiger partial charge in [-0.3, -0.25) is 0 Å². The lowest BCUT2D eigenvalue weighted by Crippen LogP contribution is -2.38. The molecule has 3 rings (SSSR count). The molecule has 0 radical (unpaired) electrons. The van der Waals surface area contributed by atoms with Gasteiger partial charge in [-0.15, -0.1) is 0 Å². The van der Waals surface area contributed by atoms with Gasteiger partial charge in [-0.25, -0.2) is 0 Å². The molecule has 1 aliphatic heterocycles. The van der Waals surface area contributed by atoms with Crippen molar-refractivity contribution < 1.29 is 0 Å². The first-order valence-electron chi connectivity index (χ1n) is 7.68. The Hall–Kier alpha value is -1.13. The fraction of sp³-hybridized carbons (Fsp3) is 0.562. The van der Waals surface area contributed by atoms with Crippen molar-refractivity contribution in [1.29, 1.82) is 0 Å². The Morgan fingerprint density at radius 1 is 1.40 bits per heavy atom. The maximum Gasteiger partial charge on any atom is 0.119 e. The van der Waals surface area contributed by atoms with Crippen molar-refractivity contribution in [3.8, 4) is 0 Å². The molecule has 1 fully saturated rings. The molecular formula is C16H23N3S. The van der Waals surface area contributed by atoms with Crippen molar-refractivity contribution in [2.24, 2.45) is 5.92 Å². The van der Waals surface area contributed by atoms with Gasteiger partial charge in [0.15, 0.2) is 0 Å². The van der Waals surface area contributed by atoms with E-state index >= 15 is 0 Å². The van der Waals surface area contributed by atoms with Gasteiger partial charge in [0.2, 0.25) is 0 Å². The summed E-state index contributed by atoms with van der Waals surface area (Å²) in [5, 5.41) is 6.20. The first-order valence-corrected chi connectivity index (χ1v) is 8.46. The molecule has 0 saturated carbocycles. The molecule has 1 aromatic heterocycles. The van der Waals surface area contributed by atoms with E-state index in [9.17, 15) is 0 Å². The Bertz CT molecular complexity index is 545. The summed E-state index contributed by atoms with van der Waals surface area (Å²) in [6, 6.07) is 8.51. The van der Waals surface area contributed by atoms with Crippen molar-refractivity contribution in [2.45, 2.75) is 26.2 Å². The minimum Gasteiger partial charge on any atom is -0.361 e. The van der Waals surface area contributed by atoms with E-state index in [-0.39, 0.29) is 0 Å². The van der Waals surface area contributed by atoms with Crippen LogP contribution >= 0.6 is 11.5 Å². The second-order valence-corrected chi connectivity index (χ2v) is 6.42. The zero-order chi connectivity index (χ0) is 13.8.